The fourth-order valence-electron chi connectivity index (χ4n) is 3.72. The molecule has 1 aliphatic rings. The van der Waals surface area contributed by atoms with E-state index in [-0.39, 0.29) is 24.2 Å². The number of anilines is 1. The highest BCUT2D eigenvalue weighted by Gasteiger charge is 2.23. The molecule has 3 aromatic rings. The Hall–Kier alpha value is -3.63. The summed E-state index contributed by atoms with van der Waals surface area (Å²) >= 11 is 0. The second-order valence-electron chi connectivity index (χ2n) is 8.43. The van der Waals surface area contributed by atoms with Gasteiger partial charge in [0.1, 0.15) is 30.7 Å². The summed E-state index contributed by atoms with van der Waals surface area (Å²) in [6, 6.07) is 9.25. The average Bonchev–Trinajstić information content (AvgIpc) is 3.68. The Morgan fingerprint density at radius 3 is 2.58 bits per heavy atom. The highest BCUT2D eigenvalue weighted by molar-refractivity contribution is 5.90. The van der Waals surface area contributed by atoms with Gasteiger partial charge in [-0.3, -0.25) is 10.7 Å². The van der Waals surface area contributed by atoms with E-state index < -0.39 is 11.8 Å². The molecule has 4 N–H and O–H groups in total. The maximum Gasteiger partial charge on any atom is 0.319 e. The molecule has 2 amide bonds. The number of hydrogen-bond acceptors (Lipinski definition) is 7. The third kappa shape index (κ3) is 6.52. The van der Waals surface area contributed by atoms with Gasteiger partial charge in [0.05, 0.1) is 11.2 Å². The molecule has 1 aliphatic carbocycles. The summed E-state index contributed by atoms with van der Waals surface area (Å²) < 4.78 is 32.2. The quantitative estimate of drug-likeness (QED) is 0.317. The molecule has 1 fully saturated rings. The summed E-state index contributed by atoms with van der Waals surface area (Å²) in [5.41, 5.74) is 6.35. The van der Waals surface area contributed by atoms with Crippen LogP contribution in [0.2, 0.25) is 0 Å². The number of likely N-dealkylation sites (N-methyl/N-ethyl adjacent to an activating group) is 1. The summed E-state index contributed by atoms with van der Waals surface area (Å²) in [7, 11) is 0. The van der Waals surface area contributed by atoms with Gasteiger partial charge in [-0.1, -0.05) is 13.8 Å². The molecule has 9 nitrogen and oxygen atoms in total. The van der Waals surface area contributed by atoms with Crippen molar-refractivity contribution in [3.8, 4) is 23.0 Å². The molecule has 0 saturated heterocycles. The van der Waals surface area contributed by atoms with Crippen LogP contribution in [0, 0.1) is 5.82 Å². The van der Waals surface area contributed by atoms with Crippen molar-refractivity contribution in [3.05, 3.63) is 48.4 Å². The van der Waals surface area contributed by atoms with Gasteiger partial charge in [0.25, 0.3) is 0 Å². The fraction of sp³-hybridized carbons (Fsp3) is 0.385. The Balaban J connectivity index is 1.52. The number of carbonyl (C=O) groups excluding carboxylic acids is 1. The Bertz CT molecular complexity index is 1200. The Kier molecular flexibility index (Phi) is 8.40. The average molecular weight is 498 g/mol. The van der Waals surface area contributed by atoms with Crippen molar-refractivity contribution in [2.75, 3.05) is 38.3 Å². The summed E-state index contributed by atoms with van der Waals surface area (Å²) in [6.45, 7) is 7.34. The van der Waals surface area contributed by atoms with E-state index in [1.165, 1.54) is 12.1 Å². The number of nitrogens with one attached hydrogen (secondary N) is 2. The highest BCUT2D eigenvalue weighted by atomic mass is 19.1. The van der Waals surface area contributed by atoms with Gasteiger partial charge in [0, 0.05) is 36.3 Å². The van der Waals surface area contributed by atoms with E-state index in [1.54, 1.807) is 30.5 Å². The molecular weight excluding hydrogens is 465 g/mol. The number of fused-ring (bicyclic) bond motifs is 1. The SMILES string of the molecule is CCN(CC)CCOc1cc2nccc(Oc3ccc(NC(=O)NC4CC4)c(F)c3)c2cc1OCN. The van der Waals surface area contributed by atoms with E-state index in [0.717, 1.165) is 32.5 Å². The van der Waals surface area contributed by atoms with E-state index in [1.807, 2.05) is 0 Å². The molecule has 10 heteroatoms. The van der Waals surface area contributed by atoms with Gasteiger partial charge in [0.2, 0.25) is 0 Å². The van der Waals surface area contributed by atoms with Crippen LogP contribution in [0.5, 0.6) is 23.0 Å². The molecule has 1 heterocycles. The zero-order chi connectivity index (χ0) is 25.5. The number of carbonyl (C=O) groups is 1. The first-order chi connectivity index (χ1) is 17.5. The van der Waals surface area contributed by atoms with Crippen molar-refractivity contribution in [1.82, 2.24) is 15.2 Å². The number of urea groups is 1. The molecule has 1 aromatic heterocycles. The van der Waals surface area contributed by atoms with Crippen molar-refractivity contribution < 1.29 is 23.4 Å². The number of amides is 2. The molecule has 0 unspecified atom stereocenters. The minimum atomic E-state index is -0.604. The molecule has 0 aliphatic heterocycles. The molecule has 2 aromatic carbocycles. The van der Waals surface area contributed by atoms with Crippen LogP contribution in [0.25, 0.3) is 10.9 Å². The van der Waals surface area contributed by atoms with Crippen LogP contribution in [0.4, 0.5) is 14.9 Å². The lowest BCUT2D eigenvalue weighted by Crippen LogP contribution is -2.30. The van der Waals surface area contributed by atoms with Crippen LogP contribution < -0.4 is 30.6 Å². The largest absolute Gasteiger partial charge is 0.488 e. The van der Waals surface area contributed by atoms with Gasteiger partial charge in [-0.15, -0.1) is 0 Å². The standard InChI is InChI=1S/C26H32FN5O4/c1-3-32(4-2)11-12-34-25-15-22-19(14-24(25)35-16-28)23(9-10-29-22)36-18-7-8-21(20(27)13-18)31-26(33)30-17-5-6-17/h7-10,13-15,17H,3-6,11-12,16,28H2,1-2H3,(H2,30,31,33). The molecule has 192 valence electrons. The van der Waals surface area contributed by atoms with E-state index in [2.05, 4.69) is 34.4 Å². The Morgan fingerprint density at radius 2 is 1.89 bits per heavy atom. The number of nitrogens with zero attached hydrogens (tertiary/aromatic N) is 2. The first kappa shape index (κ1) is 25.5. The van der Waals surface area contributed by atoms with Gasteiger partial charge in [0.15, 0.2) is 11.5 Å². The van der Waals surface area contributed by atoms with Gasteiger partial charge in [-0.05, 0) is 50.2 Å². The lowest BCUT2D eigenvalue weighted by atomic mass is 10.1. The molecule has 0 atom stereocenters. The number of benzene rings is 2. The molecule has 0 bridgehead atoms. The third-order valence-electron chi connectivity index (χ3n) is 5.89. The maximum atomic E-state index is 14.6. The highest BCUT2D eigenvalue weighted by Crippen LogP contribution is 2.37. The summed E-state index contributed by atoms with van der Waals surface area (Å²) in [5.74, 6) is 1.13. The zero-order valence-electron chi connectivity index (χ0n) is 20.6. The van der Waals surface area contributed by atoms with Crippen LogP contribution in [0.15, 0.2) is 42.6 Å². The Morgan fingerprint density at radius 1 is 1.11 bits per heavy atom. The van der Waals surface area contributed by atoms with Gasteiger partial charge in [-0.2, -0.15) is 0 Å². The minimum absolute atomic E-state index is 0.0254. The van der Waals surface area contributed by atoms with Gasteiger partial charge in [-0.25, -0.2) is 9.18 Å². The normalized spacial score (nSPS) is 13.0. The van der Waals surface area contributed by atoms with Crippen LogP contribution in [-0.2, 0) is 0 Å². The van der Waals surface area contributed by atoms with Gasteiger partial charge < -0.3 is 29.7 Å². The number of pyridine rings is 1. The maximum absolute atomic E-state index is 14.6. The summed E-state index contributed by atoms with van der Waals surface area (Å²) in [4.78, 5) is 18.6. The molecule has 0 radical (unpaired) electrons. The number of hydrogen-bond donors (Lipinski definition) is 3. The smallest absolute Gasteiger partial charge is 0.319 e. The van der Waals surface area contributed by atoms with Gasteiger partial charge >= 0.3 is 6.03 Å². The molecule has 4 rings (SSSR count). The predicted molar refractivity (Wildman–Crippen MR) is 136 cm³/mol. The van der Waals surface area contributed by atoms with E-state index in [9.17, 15) is 9.18 Å². The first-order valence-electron chi connectivity index (χ1n) is 12.2. The summed E-state index contributed by atoms with van der Waals surface area (Å²) in [5, 5.41) is 5.94. The lowest BCUT2D eigenvalue weighted by molar-refractivity contribution is 0.213. The molecule has 36 heavy (non-hydrogen) atoms. The molecule has 1 saturated carbocycles. The topological polar surface area (TPSA) is 111 Å². The summed E-state index contributed by atoms with van der Waals surface area (Å²) in [6.07, 6.45) is 3.50. The second-order valence-corrected chi connectivity index (χ2v) is 8.43. The number of rotatable bonds is 12. The predicted octanol–water partition coefficient (Wildman–Crippen LogP) is 4.47. The molecule has 0 spiro atoms. The minimum Gasteiger partial charge on any atom is -0.488 e. The van der Waals surface area contributed by atoms with Crippen molar-refractivity contribution in [1.29, 1.82) is 0 Å². The van der Waals surface area contributed by atoms with Crippen molar-refractivity contribution in [2.24, 2.45) is 5.73 Å². The number of nitrogens with two attached hydrogens (primary N) is 1. The third-order valence-corrected chi connectivity index (χ3v) is 5.89. The van der Waals surface area contributed by atoms with E-state index >= 15 is 0 Å². The van der Waals surface area contributed by atoms with Crippen LogP contribution >= 0.6 is 0 Å². The number of ether oxygens (including phenoxy) is 3. The van der Waals surface area contributed by atoms with Crippen molar-refractivity contribution in [3.63, 3.8) is 0 Å². The van der Waals surface area contributed by atoms with Crippen LogP contribution in [0.1, 0.15) is 26.7 Å². The van der Waals surface area contributed by atoms with Crippen molar-refractivity contribution in [2.45, 2.75) is 32.7 Å². The van der Waals surface area contributed by atoms with Crippen molar-refractivity contribution >= 4 is 22.6 Å². The lowest BCUT2D eigenvalue weighted by Gasteiger charge is -2.19. The zero-order valence-corrected chi connectivity index (χ0v) is 20.6. The number of halogens is 1. The van der Waals surface area contributed by atoms with E-state index in [0.29, 0.717) is 34.8 Å². The molecular formula is C26H32FN5O4. The number of aromatic nitrogens is 1. The van der Waals surface area contributed by atoms with E-state index in [4.69, 9.17) is 19.9 Å². The Labute approximate surface area is 209 Å². The first-order valence-corrected chi connectivity index (χ1v) is 12.2. The second kappa shape index (κ2) is 11.9. The fourth-order valence-corrected chi connectivity index (χ4v) is 3.72. The van der Waals surface area contributed by atoms with Crippen LogP contribution in [-0.4, -0.2) is 54.9 Å². The van der Waals surface area contributed by atoms with Crippen LogP contribution in [0.3, 0.4) is 0 Å². The monoisotopic (exact) mass is 497 g/mol.